The first kappa shape index (κ1) is 15.3. The molecule has 1 rings (SSSR count). The highest BCUT2D eigenvalue weighted by molar-refractivity contribution is 5.77. The minimum absolute atomic E-state index is 0.561. The van der Waals surface area contributed by atoms with Crippen LogP contribution < -0.4 is 11.1 Å². The van der Waals surface area contributed by atoms with Gasteiger partial charge in [-0.25, -0.2) is 0 Å². The molecule has 1 atom stereocenters. The maximum absolute atomic E-state index is 5.88. The van der Waals surface area contributed by atoms with Gasteiger partial charge in [-0.2, -0.15) is 0 Å². The third-order valence-corrected chi connectivity index (χ3v) is 3.61. The fourth-order valence-electron chi connectivity index (χ4n) is 2.23. The number of nitrogens with one attached hydrogen (secondary N) is 1. The summed E-state index contributed by atoms with van der Waals surface area (Å²) in [6.07, 6.45) is 7.74. The molecule has 0 aromatic rings. The van der Waals surface area contributed by atoms with E-state index in [4.69, 9.17) is 5.73 Å². The number of rotatable bonds is 9. The van der Waals surface area contributed by atoms with Crippen LogP contribution in [-0.4, -0.2) is 44.1 Å². The van der Waals surface area contributed by atoms with Crippen LogP contribution in [0.2, 0.25) is 0 Å². The maximum Gasteiger partial charge on any atom is 0.188 e. The van der Waals surface area contributed by atoms with Crippen LogP contribution in [0, 0.1) is 5.92 Å². The topological polar surface area (TPSA) is 53.6 Å². The molecule has 1 saturated carbocycles. The van der Waals surface area contributed by atoms with E-state index in [0.29, 0.717) is 12.0 Å². The van der Waals surface area contributed by atoms with Gasteiger partial charge in [0.15, 0.2) is 5.96 Å². The van der Waals surface area contributed by atoms with Crippen molar-refractivity contribution in [1.29, 1.82) is 0 Å². The van der Waals surface area contributed by atoms with Crippen LogP contribution >= 0.6 is 0 Å². The van der Waals surface area contributed by atoms with Crippen LogP contribution in [0.15, 0.2) is 4.99 Å². The van der Waals surface area contributed by atoms with Gasteiger partial charge in [-0.15, -0.1) is 0 Å². The first-order valence-corrected chi connectivity index (χ1v) is 7.35. The van der Waals surface area contributed by atoms with Crippen LogP contribution in [-0.2, 0) is 0 Å². The van der Waals surface area contributed by atoms with E-state index in [0.717, 1.165) is 19.0 Å². The Labute approximate surface area is 112 Å². The zero-order valence-electron chi connectivity index (χ0n) is 12.3. The first-order valence-electron chi connectivity index (χ1n) is 7.35. The molecule has 0 aromatic heterocycles. The summed E-state index contributed by atoms with van der Waals surface area (Å²) >= 11 is 0. The molecule has 4 nitrogen and oxygen atoms in total. The summed E-state index contributed by atoms with van der Waals surface area (Å²) < 4.78 is 0. The molecule has 3 N–H and O–H groups in total. The van der Waals surface area contributed by atoms with Crippen molar-refractivity contribution in [2.45, 2.75) is 51.5 Å². The van der Waals surface area contributed by atoms with E-state index in [-0.39, 0.29) is 0 Å². The molecule has 1 fully saturated rings. The van der Waals surface area contributed by atoms with Crippen molar-refractivity contribution in [3.63, 3.8) is 0 Å². The standard InChI is InChI=1S/C14H30N4/c1-4-5-6-7-10-16-14(15)17-11-13(18(2)3)12-8-9-12/h12-13H,4-11H2,1-3H3,(H3,15,16,17). The monoisotopic (exact) mass is 254 g/mol. The number of guanidine groups is 1. The van der Waals surface area contributed by atoms with Gasteiger partial charge in [0.1, 0.15) is 0 Å². The Morgan fingerprint density at radius 3 is 2.61 bits per heavy atom. The third kappa shape index (κ3) is 6.24. The van der Waals surface area contributed by atoms with Gasteiger partial charge in [-0.1, -0.05) is 26.2 Å². The normalized spacial score (nSPS) is 18.1. The average Bonchev–Trinajstić information content (AvgIpc) is 3.13. The van der Waals surface area contributed by atoms with E-state index in [9.17, 15) is 0 Å². The quantitative estimate of drug-likeness (QED) is 0.375. The lowest BCUT2D eigenvalue weighted by atomic mass is 10.2. The van der Waals surface area contributed by atoms with Crippen molar-refractivity contribution in [1.82, 2.24) is 10.2 Å². The fraction of sp³-hybridized carbons (Fsp3) is 0.929. The smallest absolute Gasteiger partial charge is 0.188 e. The Balaban J connectivity index is 2.15. The summed E-state index contributed by atoms with van der Waals surface area (Å²) in [6, 6.07) is 0.561. The second-order valence-electron chi connectivity index (χ2n) is 5.58. The number of hydrogen-bond acceptors (Lipinski definition) is 2. The van der Waals surface area contributed by atoms with Gasteiger partial charge in [0.2, 0.25) is 0 Å². The van der Waals surface area contributed by atoms with Gasteiger partial charge in [0.05, 0.1) is 6.54 Å². The number of likely N-dealkylation sites (N-methyl/N-ethyl adjacent to an activating group) is 1. The van der Waals surface area contributed by atoms with Gasteiger partial charge in [-0.3, -0.25) is 4.99 Å². The minimum atomic E-state index is 0.561. The number of hydrogen-bond donors (Lipinski definition) is 2. The predicted octanol–water partition coefficient (Wildman–Crippen LogP) is 1.81. The van der Waals surface area contributed by atoms with Crippen molar-refractivity contribution >= 4 is 5.96 Å². The molecule has 0 radical (unpaired) electrons. The lowest BCUT2D eigenvalue weighted by Gasteiger charge is -2.22. The summed E-state index contributed by atoms with van der Waals surface area (Å²) in [7, 11) is 4.26. The van der Waals surface area contributed by atoms with Crippen LogP contribution in [0.5, 0.6) is 0 Å². The third-order valence-electron chi connectivity index (χ3n) is 3.61. The van der Waals surface area contributed by atoms with Gasteiger partial charge >= 0.3 is 0 Å². The minimum Gasteiger partial charge on any atom is -0.370 e. The van der Waals surface area contributed by atoms with Gasteiger partial charge < -0.3 is 16.0 Å². The van der Waals surface area contributed by atoms with Crippen LogP contribution in [0.3, 0.4) is 0 Å². The van der Waals surface area contributed by atoms with E-state index >= 15 is 0 Å². The van der Waals surface area contributed by atoms with Crippen molar-refractivity contribution in [2.24, 2.45) is 16.6 Å². The number of unbranched alkanes of at least 4 members (excludes halogenated alkanes) is 3. The average molecular weight is 254 g/mol. The Morgan fingerprint density at radius 1 is 1.33 bits per heavy atom. The lowest BCUT2D eigenvalue weighted by Crippen LogP contribution is -2.37. The maximum atomic E-state index is 5.88. The highest BCUT2D eigenvalue weighted by Crippen LogP contribution is 2.34. The molecule has 0 amide bonds. The van der Waals surface area contributed by atoms with Gasteiger partial charge in [0, 0.05) is 12.6 Å². The van der Waals surface area contributed by atoms with E-state index in [1.807, 2.05) is 0 Å². The fourth-order valence-corrected chi connectivity index (χ4v) is 2.23. The first-order chi connectivity index (χ1) is 8.65. The van der Waals surface area contributed by atoms with Crippen molar-refractivity contribution in [3.8, 4) is 0 Å². The zero-order valence-corrected chi connectivity index (χ0v) is 12.3. The Kier molecular flexibility index (Phi) is 7.09. The molecule has 4 heteroatoms. The largest absolute Gasteiger partial charge is 0.370 e. The second-order valence-corrected chi connectivity index (χ2v) is 5.58. The lowest BCUT2D eigenvalue weighted by molar-refractivity contribution is 0.271. The summed E-state index contributed by atoms with van der Waals surface area (Å²) in [4.78, 5) is 6.74. The molecule has 106 valence electrons. The molecule has 1 unspecified atom stereocenters. The predicted molar refractivity (Wildman–Crippen MR) is 78.8 cm³/mol. The summed E-state index contributed by atoms with van der Waals surface area (Å²) in [5.41, 5.74) is 5.88. The van der Waals surface area contributed by atoms with Crippen LogP contribution in [0.4, 0.5) is 0 Å². The van der Waals surface area contributed by atoms with E-state index < -0.39 is 0 Å². The second kappa shape index (κ2) is 8.35. The Hall–Kier alpha value is -0.770. The van der Waals surface area contributed by atoms with Crippen molar-refractivity contribution < 1.29 is 0 Å². The molecular formula is C14H30N4. The van der Waals surface area contributed by atoms with E-state index in [1.165, 1.54) is 38.5 Å². The van der Waals surface area contributed by atoms with Crippen LogP contribution in [0.1, 0.15) is 45.4 Å². The van der Waals surface area contributed by atoms with Crippen molar-refractivity contribution in [3.05, 3.63) is 0 Å². The van der Waals surface area contributed by atoms with Gasteiger partial charge in [0.25, 0.3) is 0 Å². The SMILES string of the molecule is CCCCCCNC(N)=NCC(C1CC1)N(C)C. The van der Waals surface area contributed by atoms with Crippen LogP contribution in [0.25, 0.3) is 0 Å². The molecule has 0 bridgehead atoms. The summed E-state index contributed by atoms with van der Waals surface area (Å²) in [6.45, 7) is 4.00. The number of nitrogens with two attached hydrogens (primary N) is 1. The molecule has 0 saturated heterocycles. The molecule has 1 aliphatic carbocycles. The molecule has 0 aromatic carbocycles. The Bertz CT molecular complexity index is 244. The molecule has 0 spiro atoms. The van der Waals surface area contributed by atoms with Crippen molar-refractivity contribution in [2.75, 3.05) is 27.2 Å². The summed E-state index contributed by atoms with van der Waals surface area (Å²) in [5.74, 6) is 1.44. The van der Waals surface area contributed by atoms with Gasteiger partial charge in [-0.05, 0) is 39.3 Å². The van der Waals surface area contributed by atoms with E-state index in [1.54, 1.807) is 0 Å². The molecular weight excluding hydrogens is 224 g/mol. The number of aliphatic imine (C=N–C) groups is 1. The highest BCUT2D eigenvalue weighted by Gasteiger charge is 2.32. The number of nitrogens with zero attached hydrogens (tertiary/aromatic N) is 2. The zero-order chi connectivity index (χ0) is 13.4. The molecule has 18 heavy (non-hydrogen) atoms. The molecule has 1 aliphatic rings. The molecule has 0 heterocycles. The van der Waals surface area contributed by atoms with E-state index in [2.05, 4.69) is 36.2 Å². The highest BCUT2D eigenvalue weighted by atomic mass is 15.1. The summed E-state index contributed by atoms with van der Waals surface area (Å²) in [5, 5.41) is 3.20. The Morgan fingerprint density at radius 2 is 2.06 bits per heavy atom. The molecule has 0 aliphatic heterocycles.